The number of fused-ring (bicyclic) bond motifs is 1. The van der Waals surface area contributed by atoms with E-state index in [1.165, 1.54) is 5.56 Å². The molecular weight excluding hydrogens is 342 g/mol. The second kappa shape index (κ2) is 7.07. The van der Waals surface area contributed by atoms with E-state index in [0.717, 1.165) is 11.1 Å². The quantitative estimate of drug-likeness (QED) is 0.712. The van der Waals surface area contributed by atoms with Gasteiger partial charge in [-0.25, -0.2) is 0 Å². The van der Waals surface area contributed by atoms with Crippen molar-refractivity contribution < 1.29 is 14.1 Å². The lowest BCUT2D eigenvalue weighted by Crippen LogP contribution is -2.44. The van der Waals surface area contributed by atoms with Gasteiger partial charge in [-0.05, 0) is 23.6 Å². The highest BCUT2D eigenvalue weighted by Gasteiger charge is 2.32. The molecule has 0 saturated carbocycles. The Morgan fingerprint density at radius 2 is 1.85 bits per heavy atom. The molecule has 0 aliphatic carbocycles. The van der Waals surface area contributed by atoms with Crippen LogP contribution in [0.1, 0.15) is 28.4 Å². The third-order valence-electron chi connectivity index (χ3n) is 4.75. The van der Waals surface area contributed by atoms with Gasteiger partial charge in [-0.2, -0.15) is 0 Å². The molecule has 2 amide bonds. The lowest BCUT2D eigenvalue weighted by molar-refractivity contribution is -0.143. The number of amides is 2. The predicted octanol–water partition coefficient (Wildman–Crippen LogP) is 3.10. The maximum absolute atomic E-state index is 12.8. The van der Waals surface area contributed by atoms with E-state index in [2.05, 4.69) is 16.5 Å². The Balaban J connectivity index is 1.59. The van der Waals surface area contributed by atoms with E-state index in [0.29, 0.717) is 18.8 Å². The predicted molar refractivity (Wildman–Crippen MR) is 100 cm³/mol. The minimum atomic E-state index is -0.713. The molecule has 0 fully saturated rings. The van der Waals surface area contributed by atoms with Crippen LogP contribution in [0.3, 0.4) is 0 Å². The number of anilines is 1. The van der Waals surface area contributed by atoms with E-state index in [1.54, 1.807) is 17.9 Å². The number of hydrogen-bond acceptors (Lipinski definition) is 4. The minimum absolute atomic E-state index is 0.0298. The van der Waals surface area contributed by atoms with E-state index < -0.39 is 11.8 Å². The smallest absolute Gasteiger partial charge is 0.315 e. The van der Waals surface area contributed by atoms with Gasteiger partial charge in [0.1, 0.15) is 5.76 Å². The fourth-order valence-corrected chi connectivity index (χ4v) is 3.47. The van der Waals surface area contributed by atoms with Crippen molar-refractivity contribution in [1.82, 2.24) is 10.1 Å². The maximum Gasteiger partial charge on any atom is 0.315 e. The third kappa shape index (κ3) is 3.46. The molecule has 0 radical (unpaired) electrons. The van der Waals surface area contributed by atoms with Gasteiger partial charge >= 0.3 is 11.8 Å². The number of rotatable bonds is 2. The van der Waals surface area contributed by atoms with E-state index in [4.69, 9.17) is 4.52 Å². The lowest BCUT2D eigenvalue weighted by Gasteiger charge is -2.34. The number of nitrogens with zero attached hydrogens (tertiary/aromatic N) is 2. The molecule has 0 spiro atoms. The molecule has 0 bridgehead atoms. The van der Waals surface area contributed by atoms with Crippen LogP contribution in [-0.4, -0.2) is 28.4 Å². The van der Waals surface area contributed by atoms with Crippen molar-refractivity contribution >= 4 is 17.6 Å². The average Bonchev–Trinajstić information content (AvgIpc) is 3.11. The molecule has 27 heavy (non-hydrogen) atoms. The molecule has 2 aromatic carbocycles. The first-order chi connectivity index (χ1) is 13.1. The van der Waals surface area contributed by atoms with Gasteiger partial charge in [-0.3, -0.25) is 14.9 Å². The number of benzene rings is 2. The molecule has 1 N–H and O–H groups in total. The number of carbonyl (C=O) groups excluding carboxylic acids is 2. The molecule has 1 aliphatic rings. The number of aryl methyl sites for hydroxylation is 1. The summed E-state index contributed by atoms with van der Waals surface area (Å²) in [5.41, 5.74) is 3.37. The summed E-state index contributed by atoms with van der Waals surface area (Å²) >= 11 is 0. The second-order valence-electron chi connectivity index (χ2n) is 6.62. The molecule has 0 saturated heterocycles. The van der Waals surface area contributed by atoms with Gasteiger partial charge in [0.15, 0.2) is 5.82 Å². The van der Waals surface area contributed by atoms with Crippen molar-refractivity contribution in [1.29, 1.82) is 0 Å². The Labute approximate surface area is 156 Å². The van der Waals surface area contributed by atoms with Crippen molar-refractivity contribution in [3.8, 4) is 0 Å². The normalized spacial score (nSPS) is 15.9. The van der Waals surface area contributed by atoms with Crippen LogP contribution in [0.4, 0.5) is 5.82 Å². The zero-order valence-electron chi connectivity index (χ0n) is 14.9. The SMILES string of the molecule is Cc1cc(NC(=O)C(=O)N2Cc3ccccc3[C@H](c3ccccc3)C2)no1. The second-order valence-corrected chi connectivity index (χ2v) is 6.62. The lowest BCUT2D eigenvalue weighted by atomic mass is 9.84. The molecule has 3 aromatic rings. The monoisotopic (exact) mass is 361 g/mol. The molecule has 2 heterocycles. The summed E-state index contributed by atoms with van der Waals surface area (Å²) in [6.45, 7) is 2.57. The molecular formula is C21H19N3O3. The fourth-order valence-electron chi connectivity index (χ4n) is 3.47. The summed E-state index contributed by atoms with van der Waals surface area (Å²) in [4.78, 5) is 26.7. The summed E-state index contributed by atoms with van der Waals surface area (Å²) in [6.07, 6.45) is 0. The standard InChI is InChI=1S/C21H19N3O3/c1-14-11-19(23-27-14)22-20(25)21(26)24-12-16-9-5-6-10-17(16)18(13-24)15-7-3-2-4-8-15/h2-11,18H,12-13H2,1H3,(H,22,23,25)/t18-/m0/s1. The summed E-state index contributed by atoms with van der Waals surface area (Å²) in [6, 6.07) is 19.7. The van der Waals surface area contributed by atoms with E-state index in [-0.39, 0.29) is 11.7 Å². The average molecular weight is 361 g/mol. The molecule has 6 nitrogen and oxygen atoms in total. The highest BCUT2D eigenvalue weighted by molar-refractivity contribution is 6.39. The third-order valence-corrected chi connectivity index (χ3v) is 4.75. The molecule has 136 valence electrons. The highest BCUT2D eigenvalue weighted by Crippen LogP contribution is 2.33. The Kier molecular flexibility index (Phi) is 4.46. The van der Waals surface area contributed by atoms with Crippen molar-refractivity contribution in [2.45, 2.75) is 19.4 Å². The van der Waals surface area contributed by atoms with Gasteiger partial charge in [-0.1, -0.05) is 59.8 Å². The van der Waals surface area contributed by atoms with Gasteiger partial charge in [-0.15, -0.1) is 0 Å². The van der Waals surface area contributed by atoms with Crippen LogP contribution in [0.5, 0.6) is 0 Å². The first kappa shape index (κ1) is 17.0. The summed E-state index contributed by atoms with van der Waals surface area (Å²) in [7, 11) is 0. The number of hydrogen-bond donors (Lipinski definition) is 1. The van der Waals surface area contributed by atoms with E-state index in [1.807, 2.05) is 48.5 Å². The van der Waals surface area contributed by atoms with Crippen molar-refractivity contribution in [3.05, 3.63) is 83.1 Å². The Bertz CT molecular complexity index is 981. The van der Waals surface area contributed by atoms with Crippen LogP contribution >= 0.6 is 0 Å². The van der Waals surface area contributed by atoms with E-state index in [9.17, 15) is 9.59 Å². The zero-order valence-corrected chi connectivity index (χ0v) is 14.9. The van der Waals surface area contributed by atoms with Crippen LogP contribution in [0, 0.1) is 6.92 Å². The summed E-state index contributed by atoms with van der Waals surface area (Å²) < 4.78 is 4.92. The van der Waals surface area contributed by atoms with Crippen LogP contribution in [0.15, 0.2) is 65.2 Å². The highest BCUT2D eigenvalue weighted by atomic mass is 16.5. The molecule has 1 atom stereocenters. The Hall–Kier alpha value is -3.41. The molecule has 0 unspecified atom stereocenters. The van der Waals surface area contributed by atoms with Crippen molar-refractivity contribution in [2.24, 2.45) is 0 Å². The van der Waals surface area contributed by atoms with Gasteiger partial charge in [0.2, 0.25) is 0 Å². The first-order valence-electron chi connectivity index (χ1n) is 8.78. The molecule has 1 aliphatic heterocycles. The zero-order chi connectivity index (χ0) is 18.8. The van der Waals surface area contributed by atoms with Gasteiger partial charge in [0.25, 0.3) is 0 Å². The fraction of sp³-hybridized carbons (Fsp3) is 0.190. The maximum atomic E-state index is 12.8. The van der Waals surface area contributed by atoms with E-state index >= 15 is 0 Å². The van der Waals surface area contributed by atoms with Crippen LogP contribution in [-0.2, 0) is 16.1 Å². The number of nitrogens with one attached hydrogen (secondary N) is 1. The Morgan fingerprint density at radius 3 is 2.59 bits per heavy atom. The number of carbonyl (C=O) groups is 2. The minimum Gasteiger partial charge on any atom is -0.360 e. The first-order valence-corrected chi connectivity index (χ1v) is 8.78. The largest absolute Gasteiger partial charge is 0.360 e. The van der Waals surface area contributed by atoms with Crippen LogP contribution < -0.4 is 5.32 Å². The molecule has 6 heteroatoms. The van der Waals surface area contributed by atoms with Crippen LogP contribution in [0.25, 0.3) is 0 Å². The Morgan fingerprint density at radius 1 is 1.11 bits per heavy atom. The van der Waals surface area contributed by atoms with Gasteiger partial charge in [0.05, 0.1) is 0 Å². The summed E-state index contributed by atoms with van der Waals surface area (Å²) in [5.74, 6) is -0.459. The van der Waals surface area contributed by atoms with Gasteiger partial charge < -0.3 is 9.42 Å². The van der Waals surface area contributed by atoms with Crippen molar-refractivity contribution in [2.75, 3.05) is 11.9 Å². The van der Waals surface area contributed by atoms with Crippen LogP contribution in [0.2, 0.25) is 0 Å². The van der Waals surface area contributed by atoms with Gasteiger partial charge in [0, 0.05) is 25.1 Å². The molecule has 1 aromatic heterocycles. The summed E-state index contributed by atoms with van der Waals surface area (Å²) in [5, 5.41) is 6.21. The van der Waals surface area contributed by atoms with Crippen molar-refractivity contribution in [3.63, 3.8) is 0 Å². The number of aromatic nitrogens is 1. The topological polar surface area (TPSA) is 75.4 Å². The molecule has 4 rings (SSSR count).